The summed E-state index contributed by atoms with van der Waals surface area (Å²) < 4.78 is 18.5. The van der Waals surface area contributed by atoms with E-state index in [4.69, 9.17) is 14.2 Å². The van der Waals surface area contributed by atoms with Gasteiger partial charge in [-0.15, -0.1) is 11.8 Å². The van der Waals surface area contributed by atoms with E-state index < -0.39 is 0 Å². The van der Waals surface area contributed by atoms with E-state index in [-0.39, 0.29) is 11.8 Å². The van der Waals surface area contributed by atoms with Crippen molar-refractivity contribution in [3.8, 4) is 17.2 Å². The Bertz CT molecular complexity index is 947. The van der Waals surface area contributed by atoms with Crippen LogP contribution in [-0.4, -0.2) is 72.3 Å². The zero-order valence-corrected chi connectivity index (χ0v) is 21.2. The Hall–Kier alpha value is -2.88. The number of methoxy groups -OCH3 is 3. The summed E-state index contributed by atoms with van der Waals surface area (Å²) >= 11 is 1.56. The summed E-state index contributed by atoms with van der Waals surface area (Å²) in [7, 11) is 4.82. The van der Waals surface area contributed by atoms with Crippen LogP contribution in [0.4, 0.5) is 0 Å². The van der Waals surface area contributed by atoms with Gasteiger partial charge in [0.05, 0.1) is 27.2 Å². The SMILES string of the molecule is COc1cc(Cn2ccnc2C2CCN(C(=O)CCSCNC(C)=O)CC2)cc(OC)c1OC. The van der Waals surface area contributed by atoms with Gasteiger partial charge in [0, 0.05) is 57.0 Å². The first kappa shape index (κ1) is 25.7. The monoisotopic (exact) mass is 490 g/mol. The van der Waals surface area contributed by atoms with Crippen LogP contribution in [-0.2, 0) is 16.1 Å². The van der Waals surface area contributed by atoms with Crippen LogP contribution in [0.1, 0.15) is 43.5 Å². The zero-order chi connectivity index (χ0) is 24.5. The Morgan fingerprint density at radius 3 is 2.38 bits per heavy atom. The van der Waals surface area contributed by atoms with Gasteiger partial charge in [-0.05, 0) is 30.5 Å². The number of imidazole rings is 1. The molecule has 1 aliphatic heterocycles. The number of piperidine rings is 1. The van der Waals surface area contributed by atoms with E-state index in [0.29, 0.717) is 47.8 Å². The van der Waals surface area contributed by atoms with E-state index in [0.717, 1.165) is 37.3 Å². The Morgan fingerprint density at radius 1 is 1.12 bits per heavy atom. The number of ether oxygens (including phenoxy) is 3. The average molecular weight is 491 g/mol. The van der Waals surface area contributed by atoms with Crippen LogP contribution in [0.25, 0.3) is 0 Å². The predicted octanol–water partition coefficient (Wildman–Crippen LogP) is 2.88. The molecule has 3 rings (SSSR count). The third-order valence-electron chi connectivity index (χ3n) is 5.92. The number of carbonyl (C=O) groups is 2. The molecule has 0 spiro atoms. The Labute approximate surface area is 205 Å². The smallest absolute Gasteiger partial charge is 0.223 e. The van der Waals surface area contributed by atoms with Gasteiger partial charge in [0.1, 0.15) is 5.82 Å². The summed E-state index contributed by atoms with van der Waals surface area (Å²) in [4.78, 5) is 30.0. The second-order valence-electron chi connectivity index (χ2n) is 8.14. The second kappa shape index (κ2) is 12.5. The van der Waals surface area contributed by atoms with Crippen LogP contribution in [0.5, 0.6) is 17.2 Å². The first-order chi connectivity index (χ1) is 16.5. The summed E-state index contributed by atoms with van der Waals surface area (Å²) in [6.07, 6.45) is 6.08. The molecule has 0 radical (unpaired) electrons. The number of thioether (sulfide) groups is 1. The Kier molecular flexibility index (Phi) is 9.50. The maximum Gasteiger partial charge on any atom is 0.223 e. The number of aromatic nitrogens is 2. The minimum atomic E-state index is -0.0514. The van der Waals surface area contributed by atoms with Gasteiger partial charge < -0.3 is 29.0 Å². The normalized spacial score (nSPS) is 14.1. The van der Waals surface area contributed by atoms with Crippen molar-refractivity contribution < 1.29 is 23.8 Å². The summed E-state index contributed by atoms with van der Waals surface area (Å²) in [5, 5.41) is 2.73. The molecule has 1 aromatic heterocycles. The van der Waals surface area contributed by atoms with Crippen LogP contribution in [0.2, 0.25) is 0 Å². The van der Waals surface area contributed by atoms with E-state index in [1.54, 1.807) is 33.1 Å². The van der Waals surface area contributed by atoms with Gasteiger partial charge in [0.2, 0.25) is 17.6 Å². The first-order valence-corrected chi connectivity index (χ1v) is 12.5. The molecule has 186 valence electrons. The van der Waals surface area contributed by atoms with Gasteiger partial charge >= 0.3 is 0 Å². The number of carbonyl (C=O) groups excluding carboxylic acids is 2. The number of benzene rings is 1. The Morgan fingerprint density at radius 2 is 1.79 bits per heavy atom. The first-order valence-electron chi connectivity index (χ1n) is 11.4. The molecule has 0 aliphatic carbocycles. The minimum absolute atomic E-state index is 0.0514. The summed E-state index contributed by atoms with van der Waals surface area (Å²) in [6.45, 7) is 3.59. The van der Waals surface area contributed by atoms with Crippen LogP contribution in [0, 0.1) is 0 Å². The standard InChI is InChI=1S/C24H34N4O5S/c1-17(29)26-16-34-12-7-22(30)27-9-5-19(6-10-27)24-25-8-11-28(24)15-18-13-20(31-2)23(33-4)21(14-18)32-3/h8,11,13-14,19H,5-7,9-10,12,15-16H2,1-4H3,(H,26,29). The van der Waals surface area contributed by atoms with Crippen molar-refractivity contribution in [3.63, 3.8) is 0 Å². The highest BCUT2D eigenvalue weighted by Gasteiger charge is 2.26. The number of amides is 2. The number of rotatable bonds is 11. The van der Waals surface area contributed by atoms with E-state index in [9.17, 15) is 9.59 Å². The van der Waals surface area contributed by atoms with Crippen molar-refractivity contribution in [3.05, 3.63) is 35.9 Å². The lowest BCUT2D eigenvalue weighted by Crippen LogP contribution is -2.38. The molecule has 1 fully saturated rings. The van der Waals surface area contributed by atoms with Crippen LogP contribution < -0.4 is 19.5 Å². The summed E-state index contributed by atoms with van der Waals surface area (Å²) in [5.41, 5.74) is 1.03. The fraction of sp³-hybridized carbons (Fsp3) is 0.542. The molecule has 0 unspecified atom stereocenters. The van der Waals surface area contributed by atoms with Crippen molar-refractivity contribution >= 4 is 23.6 Å². The molecule has 1 aromatic carbocycles. The highest BCUT2D eigenvalue weighted by atomic mass is 32.2. The van der Waals surface area contributed by atoms with Crippen molar-refractivity contribution in [2.45, 2.75) is 38.6 Å². The third kappa shape index (κ3) is 6.59. The van der Waals surface area contributed by atoms with Gasteiger partial charge in [0.25, 0.3) is 0 Å². The van der Waals surface area contributed by atoms with E-state index in [2.05, 4.69) is 14.9 Å². The van der Waals surface area contributed by atoms with Crippen molar-refractivity contribution in [1.29, 1.82) is 0 Å². The Balaban J connectivity index is 1.57. The molecule has 2 heterocycles. The van der Waals surface area contributed by atoms with Gasteiger partial charge in [-0.2, -0.15) is 0 Å². The maximum atomic E-state index is 12.5. The fourth-order valence-electron chi connectivity index (χ4n) is 4.17. The topological polar surface area (TPSA) is 94.9 Å². The van der Waals surface area contributed by atoms with Gasteiger partial charge in [-0.1, -0.05) is 0 Å². The molecule has 0 bridgehead atoms. The predicted molar refractivity (Wildman–Crippen MR) is 132 cm³/mol. The second-order valence-corrected chi connectivity index (χ2v) is 9.24. The van der Waals surface area contributed by atoms with Gasteiger partial charge in [0.15, 0.2) is 11.5 Å². The lowest BCUT2D eigenvalue weighted by molar-refractivity contribution is -0.131. The van der Waals surface area contributed by atoms with E-state index in [1.165, 1.54) is 6.92 Å². The molecule has 2 amide bonds. The third-order valence-corrected chi connectivity index (χ3v) is 6.76. The number of likely N-dealkylation sites (tertiary alicyclic amines) is 1. The summed E-state index contributed by atoms with van der Waals surface area (Å²) in [5.74, 6) is 4.53. The molecule has 0 atom stereocenters. The molecule has 34 heavy (non-hydrogen) atoms. The molecule has 1 aliphatic rings. The number of hydrogen-bond donors (Lipinski definition) is 1. The van der Waals surface area contributed by atoms with E-state index >= 15 is 0 Å². The molecule has 9 nitrogen and oxygen atoms in total. The van der Waals surface area contributed by atoms with Crippen molar-refractivity contribution in [1.82, 2.24) is 19.8 Å². The molecule has 1 N–H and O–H groups in total. The highest BCUT2D eigenvalue weighted by Crippen LogP contribution is 2.38. The van der Waals surface area contributed by atoms with Crippen LogP contribution >= 0.6 is 11.8 Å². The van der Waals surface area contributed by atoms with E-state index in [1.807, 2.05) is 29.4 Å². The fourth-order valence-corrected chi connectivity index (χ4v) is 4.94. The lowest BCUT2D eigenvalue weighted by Gasteiger charge is -2.32. The average Bonchev–Trinajstić information content (AvgIpc) is 3.30. The maximum absolute atomic E-state index is 12.5. The molecule has 10 heteroatoms. The number of nitrogens with zero attached hydrogens (tertiary/aromatic N) is 3. The molecule has 2 aromatic rings. The van der Waals surface area contributed by atoms with Crippen molar-refractivity contribution in [2.24, 2.45) is 0 Å². The molecular formula is C24H34N4O5S. The van der Waals surface area contributed by atoms with Gasteiger partial charge in [-0.25, -0.2) is 4.98 Å². The molecule has 0 saturated carbocycles. The van der Waals surface area contributed by atoms with Crippen LogP contribution in [0.15, 0.2) is 24.5 Å². The minimum Gasteiger partial charge on any atom is -0.493 e. The molecular weight excluding hydrogens is 456 g/mol. The quantitative estimate of drug-likeness (QED) is 0.382. The summed E-state index contributed by atoms with van der Waals surface area (Å²) in [6, 6.07) is 3.91. The highest BCUT2D eigenvalue weighted by molar-refractivity contribution is 7.99. The van der Waals surface area contributed by atoms with Gasteiger partial charge in [-0.3, -0.25) is 9.59 Å². The number of nitrogens with one attached hydrogen (secondary N) is 1. The zero-order valence-electron chi connectivity index (χ0n) is 20.3. The number of hydrogen-bond acceptors (Lipinski definition) is 7. The van der Waals surface area contributed by atoms with Crippen LogP contribution in [0.3, 0.4) is 0 Å². The van der Waals surface area contributed by atoms with Crippen molar-refractivity contribution in [2.75, 3.05) is 46.0 Å². The molecule has 1 saturated heterocycles. The lowest BCUT2D eigenvalue weighted by atomic mass is 9.95. The largest absolute Gasteiger partial charge is 0.493 e.